The van der Waals surface area contributed by atoms with Crippen molar-refractivity contribution in [3.05, 3.63) is 95.6 Å². The fraction of sp³-hybridized carbons (Fsp3) is 0.192. The van der Waals surface area contributed by atoms with E-state index in [4.69, 9.17) is 14.3 Å². The average molecular weight is 570 g/mol. The number of hydrogen-bond donors (Lipinski definition) is 0. The van der Waals surface area contributed by atoms with Crippen LogP contribution in [0.4, 0.5) is 0 Å². The van der Waals surface area contributed by atoms with Gasteiger partial charge in [-0.1, -0.05) is 59.8 Å². The molecule has 0 amide bonds. The molecule has 34 heavy (non-hydrogen) atoms. The predicted octanol–water partition coefficient (Wildman–Crippen LogP) is 5.59. The van der Waals surface area contributed by atoms with Crippen LogP contribution in [0.5, 0.6) is 11.5 Å². The molecule has 0 saturated heterocycles. The van der Waals surface area contributed by atoms with Gasteiger partial charge in [-0.15, -0.1) is 0 Å². The van der Waals surface area contributed by atoms with E-state index in [1.807, 2.05) is 54.6 Å². The Morgan fingerprint density at radius 3 is 2.24 bits per heavy atom. The van der Waals surface area contributed by atoms with Crippen molar-refractivity contribution >= 4 is 34.7 Å². The van der Waals surface area contributed by atoms with Gasteiger partial charge in [0.15, 0.2) is 23.0 Å². The van der Waals surface area contributed by atoms with Gasteiger partial charge in [-0.25, -0.2) is 0 Å². The lowest BCUT2D eigenvalue weighted by Crippen LogP contribution is -2.13. The first-order valence-corrected chi connectivity index (χ1v) is 11.3. The second-order valence-electron chi connectivity index (χ2n) is 7.21. The van der Waals surface area contributed by atoms with E-state index in [-0.39, 0.29) is 13.0 Å². The Labute approximate surface area is 212 Å². The largest absolute Gasteiger partial charge is 0.489 e. The van der Waals surface area contributed by atoms with Gasteiger partial charge >= 0.3 is 5.97 Å². The van der Waals surface area contributed by atoms with Gasteiger partial charge in [0, 0.05) is 5.56 Å². The van der Waals surface area contributed by atoms with Crippen molar-refractivity contribution in [2.45, 2.75) is 18.9 Å². The molecule has 3 aromatic carbocycles. The molecule has 0 saturated carbocycles. The Kier molecular flexibility index (Phi) is 9.73. The number of ether oxygens (including phenoxy) is 2. The van der Waals surface area contributed by atoms with E-state index >= 15 is 0 Å². The van der Waals surface area contributed by atoms with Gasteiger partial charge < -0.3 is 17.4 Å². The zero-order valence-corrected chi connectivity index (χ0v) is 20.7. The maximum absolute atomic E-state index is 11.4. The zero-order chi connectivity index (χ0) is 24.2. The highest BCUT2D eigenvalue weighted by atomic mass is 127. The highest BCUT2D eigenvalue weighted by molar-refractivity contribution is 14.1. The molecule has 8 heteroatoms. The lowest BCUT2D eigenvalue weighted by atomic mass is 9.97. The number of hydrogen-bond acceptors (Lipinski definition) is 7. The minimum atomic E-state index is -0.555. The number of benzene rings is 3. The molecule has 3 rings (SSSR count). The molecule has 0 radical (unpaired) electrons. The number of nitrogens with zero attached hydrogens (tertiary/aromatic N) is 2. The van der Waals surface area contributed by atoms with E-state index in [0.29, 0.717) is 23.8 Å². The molecular weight excluding hydrogens is 547 g/mol. The van der Waals surface area contributed by atoms with E-state index in [2.05, 4.69) is 14.3 Å². The fourth-order valence-electron chi connectivity index (χ4n) is 3.14. The van der Waals surface area contributed by atoms with Gasteiger partial charge in [0.05, 0.1) is 18.4 Å². The number of nitriles is 1. The molecule has 1 unspecified atom stereocenters. The Morgan fingerprint density at radius 1 is 0.971 bits per heavy atom. The van der Waals surface area contributed by atoms with Gasteiger partial charge in [-0.05, 0) is 35.4 Å². The van der Waals surface area contributed by atoms with Gasteiger partial charge in [0.2, 0.25) is 0 Å². The van der Waals surface area contributed by atoms with Crippen molar-refractivity contribution in [3.8, 4) is 17.6 Å². The molecule has 0 bridgehead atoms. The Balaban J connectivity index is 1.52. The fourth-order valence-corrected chi connectivity index (χ4v) is 3.32. The zero-order valence-electron chi connectivity index (χ0n) is 18.5. The summed E-state index contributed by atoms with van der Waals surface area (Å²) >= 11 is 1.52. The van der Waals surface area contributed by atoms with E-state index in [9.17, 15) is 10.1 Å². The summed E-state index contributed by atoms with van der Waals surface area (Å²) in [5.41, 5.74) is 3.35. The van der Waals surface area contributed by atoms with E-state index in [1.54, 1.807) is 24.3 Å². The molecule has 7 nitrogen and oxygen atoms in total. The summed E-state index contributed by atoms with van der Waals surface area (Å²) in [7, 11) is 1.51. The Hall–Kier alpha value is -3.58. The van der Waals surface area contributed by atoms with E-state index in [0.717, 1.165) is 16.7 Å². The number of rotatable bonds is 11. The lowest BCUT2D eigenvalue weighted by molar-refractivity contribution is -0.131. The molecule has 3 aromatic rings. The third-order valence-corrected chi connectivity index (χ3v) is 5.40. The monoisotopic (exact) mass is 570 g/mol. The maximum atomic E-state index is 11.4. The van der Waals surface area contributed by atoms with Gasteiger partial charge in [0.25, 0.3) is 0 Å². The van der Waals surface area contributed by atoms with Crippen LogP contribution in [-0.2, 0) is 19.3 Å². The highest BCUT2D eigenvalue weighted by Crippen LogP contribution is 2.23. The maximum Gasteiger partial charge on any atom is 0.316 e. The van der Waals surface area contributed by atoms with Crippen molar-refractivity contribution in [2.75, 3.05) is 13.7 Å². The highest BCUT2D eigenvalue weighted by Gasteiger charge is 2.16. The van der Waals surface area contributed by atoms with Crippen LogP contribution in [0.2, 0.25) is 0 Å². The van der Waals surface area contributed by atoms with E-state index < -0.39 is 11.9 Å². The summed E-state index contributed by atoms with van der Waals surface area (Å²) in [6.45, 7) is 0.655. The summed E-state index contributed by atoms with van der Waals surface area (Å²) in [5.74, 6) is 0.392. The Bertz CT molecular complexity index is 1130. The second-order valence-corrected chi connectivity index (χ2v) is 7.65. The van der Waals surface area contributed by atoms with Crippen LogP contribution >= 0.6 is 23.0 Å². The second kappa shape index (κ2) is 13.2. The average Bonchev–Trinajstić information content (AvgIpc) is 2.89. The minimum Gasteiger partial charge on any atom is -0.489 e. The number of carbonyl (C=O) groups excluding carboxylic acids is 1. The van der Waals surface area contributed by atoms with Gasteiger partial charge in [-0.3, -0.25) is 4.79 Å². The molecule has 1 atom stereocenters. The topological polar surface area (TPSA) is 90.1 Å². The van der Waals surface area contributed by atoms with Crippen LogP contribution in [-0.4, -0.2) is 25.4 Å². The molecule has 0 heterocycles. The molecule has 0 fully saturated rings. The van der Waals surface area contributed by atoms with Crippen molar-refractivity contribution in [1.29, 1.82) is 5.26 Å². The molecular formula is C26H23IN2O5. The molecule has 0 aliphatic rings. The smallest absolute Gasteiger partial charge is 0.316 e. The minimum absolute atomic E-state index is 0.0121. The molecule has 0 aliphatic heterocycles. The van der Waals surface area contributed by atoms with Crippen molar-refractivity contribution in [3.63, 3.8) is 0 Å². The standard InChI is InChI=1S/C26H23IN2O5/c1-31-29-25(21-5-3-2-4-6-21)18-33-23-11-7-19(8-12-23)17-32-24-13-9-20(10-14-24)22(16-28)15-26(30)34-27/h2-14,22H,15,17-18H2,1H3/b29-25+. The first kappa shape index (κ1) is 25.1. The van der Waals surface area contributed by atoms with Gasteiger partial charge in [-0.2, -0.15) is 5.26 Å². The van der Waals surface area contributed by atoms with Crippen LogP contribution in [0.25, 0.3) is 0 Å². The van der Waals surface area contributed by atoms with E-state index in [1.165, 1.54) is 30.1 Å². The number of oxime groups is 1. The van der Waals surface area contributed by atoms with Crippen LogP contribution in [0.15, 0.2) is 84.0 Å². The van der Waals surface area contributed by atoms with Gasteiger partial charge in [0.1, 0.15) is 37.5 Å². The summed E-state index contributed by atoms with van der Waals surface area (Å²) in [5, 5.41) is 13.4. The van der Waals surface area contributed by atoms with Crippen LogP contribution < -0.4 is 9.47 Å². The molecule has 0 aliphatic carbocycles. The SMILES string of the molecule is CO/N=C(\COc1ccc(COc2ccc(C(C#N)CC(=O)OI)cc2)cc1)c1ccccc1. The van der Waals surface area contributed by atoms with Crippen LogP contribution in [0.3, 0.4) is 0 Å². The first-order valence-electron chi connectivity index (χ1n) is 10.4. The summed E-state index contributed by atoms with van der Waals surface area (Å²) < 4.78 is 16.3. The van der Waals surface area contributed by atoms with Crippen LogP contribution in [0, 0.1) is 11.3 Å². The van der Waals surface area contributed by atoms with Crippen LogP contribution in [0.1, 0.15) is 29.0 Å². The van der Waals surface area contributed by atoms with Crippen molar-refractivity contribution in [2.24, 2.45) is 5.16 Å². The lowest BCUT2D eigenvalue weighted by Gasteiger charge is -2.11. The number of carbonyl (C=O) groups is 1. The third-order valence-electron chi connectivity index (χ3n) is 4.91. The Morgan fingerprint density at radius 2 is 1.62 bits per heavy atom. The van der Waals surface area contributed by atoms with Crippen molar-refractivity contribution < 1.29 is 22.2 Å². The van der Waals surface area contributed by atoms with Crippen molar-refractivity contribution in [1.82, 2.24) is 0 Å². The molecule has 174 valence electrons. The summed E-state index contributed by atoms with van der Waals surface area (Å²) in [4.78, 5) is 16.4. The first-order chi connectivity index (χ1) is 16.6. The third kappa shape index (κ3) is 7.49. The normalized spacial score (nSPS) is 11.7. The molecule has 0 aromatic heterocycles. The predicted molar refractivity (Wildman–Crippen MR) is 136 cm³/mol. The quantitative estimate of drug-likeness (QED) is 0.170. The summed E-state index contributed by atoms with van der Waals surface area (Å²) in [6, 6.07) is 26.6. The summed E-state index contributed by atoms with van der Waals surface area (Å²) in [6.07, 6.45) is 0.0121. The molecule has 0 N–H and O–H groups in total. The number of halogens is 1. The molecule has 0 spiro atoms.